The Morgan fingerprint density at radius 3 is 2.71 bits per heavy atom. The van der Waals surface area contributed by atoms with Crippen LogP contribution in [-0.2, 0) is 0 Å². The third kappa shape index (κ3) is 4.55. The van der Waals surface area contributed by atoms with E-state index in [4.69, 9.17) is 4.74 Å². The second kappa shape index (κ2) is 7.05. The standard InChI is InChI=1S/C14H19FO2/c1-3-4-5-6-9-17-14-10-12(15)7-8-13(14)11(2)16/h7-8,10H,3-6,9H2,1-2H3. The Labute approximate surface area is 102 Å². The SMILES string of the molecule is CCCCCCOc1cc(F)ccc1C(C)=O. The molecule has 0 atom stereocenters. The third-order valence-corrected chi connectivity index (χ3v) is 2.58. The molecule has 0 unspecified atom stereocenters. The number of carbonyl (C=O) groups excluding carboxylic acids is 1. The van der Waals surface area contributed by atoms with Gasteiger partial charge < -0.3 is 4.74 Å². The smallest absolute Gasteiger partial charge is 0.163 e. The largest absolute Gasteiger partial charge is 0.493 e. The van der Waals surface area contributed by atoms with E-state index in [2.05, 4.69) is 6.92 Å². The maximum absolute atomic E-state index is 13.0. The second-order valence-electron chi connectivity index (χ2n) is 4.11. The topological polar surface area (TPSA) is 26.3 Å². The monoisotopic (exact) mass is 238 g/mol. The van der Waals surface area contributed by atoms with Gasteiger partial charge in [-0.05, 0) is 25.5 Å². The van der Waals surface area contributed by atoms with Gasteiger partial charge in [-0.15, -0.1) is 0 Å². The molecular formula is C14H19FO2. The van der Waals surface area contributed by atoms with Crippen LogP contribution in [0.2, 0.25) is 0 Å². The maximum Gasteiger partial charge on any atom is 0.163 e. The van der Waals surface area contributed by atoms with E-state index in [0.29, 0.717) is 17.9 Å². The van der Waals surface area contributed by atoms with E-state index in [1.165, 1.54) is 38.0 Å². The first-order valence-corrected chi connectivity index (χ1v) is 6.08. The van der Waals surface area contributed by atoms with Gasteiger partial charge in [0.1, 0.15) is 11.6 Å². The number of hydrogen-bond acceptors (Lipinski definition) is 2. The van der Waals surface area contributed by atoms with Gasteiger partial charge in [0.05, 0.1) is 12.2 Å². The predicted molar refractivity (Wildman–Crippen MR) is 66.0 cm³/mol. The molecule has 0 saturated carbocycles. The highest BCUT2D eigenvalue weighted by Gasteiger charge is 2.09. The van der Waals surface area contributed by atoms with Gasteiger partial charge in [0, 0.05) is 6.07 Å². The van der Waals surface area contributed by atoms with Crippen molar-refractivity contribution in [2.24, 2.45) is 0 Å². The van der Waals surface area contributed by atoms with Gasteiger partial charge in [0.15, 0.2) is 5.78 Å². The Morgan fingerprint density at radius 1 is 1.29 bits per heavy atom. The molecule has 1 aromatic rings. The summed E-state index contributed by atoms with van der Waals surface area (Å²) >= 11 is 0. The van der Waals surface area contributed by atoms with Crippen LogP contribution in [0.4, 0.5) is 4.39 Å². The molecule has 0 aliphatic carbocycles. The van der Waals surface area contributed by atoms with Crippen LogP contribution in [0, 0.1) is 5.82 Å². The van der Waals surface area contributed by atoms with Gasteiger partial charge in [-0.2, -0.15) is 0 Å². The van der Waals surface area contributed by atoms with E-state index in [1.54, 1.807) is 0 Å². The van der Waals surface area contributed by atoms with Crippen LogP contribution < -0.4 is 4.74 Å². The number of ether oxygens (including phenoxy) is 1. The number of halogens is 1. The van der Waals surface area contributed by atoms with Crippen molar-refractivity contribution in [1.82, 2.24) is 0 Å². The highest BCUT2D eigenvalue weighted by atomic mass is 19.1. The van der Waals surface area contributed by atoms with Crippen LogP contribution in [0.25, 0.3) is 0 Å². The summed E-state index contributed by atoms with van der Waals surface area (Å²) in [5, 5.41) is 0. The highest BCUT2D eigenvalue weighted by Crippen LogP contribution is 2.20. The fourth-order valence-corrected chi connectivity index (χ4v) is 1.62. The van der Waals surface area contributed by atoms with Gasteiger partial charge >= 0.3 is 0 Å². The fraction of sp³-hybridized carbons (Fsp3) is 0.500. The summed E-state index contributed by atoms with van der Waals surface area (Å²) in [6, 6.07) is 4.02. The summed E-state index contributed by atoms with van der Waals surface area (Å²) in [5.74, 6) is -0.124. The lowest BCUT2D eigenvalue weighted by Gasteiger charge is -2.09. The van der Waals surface area contributed by atoms with Crippen LogP contribution >= 0.6 is 0 Å². The molecule has 94 valence electrons. The van der Waals surface area contributed by atoms with Crippen molar-refractivity contribution in [3.8, 4) is 5.75 Å². The van der Waals surface area contributed by atoms with Gasteiger partial charge in [0.25, 0.3) is 0 Å². The van der Waals surface area contributed by atoms with E-state index < -0.39 is 0 Å². The summed E-state index contributed by atoms with van der Waals surface area (Å²) in [7, 11) is 0. The van der Waals surface area contributed by atoms with Crippen LogP contribution in [0.15, 0.2) is 18.2 Å². The first kappa shape index (κ1) is 13.7. The van der Waals surface area contributed by atoms with E-state index in [0.717, 1.165) is 12.8 Å². The number of Topliss-reactive ketones (excluding diaryl/α,β-unsaturated/α-hetero) is 1. The highest BCUT2D eigenvalue weighted by molar-refractivity contribution is 5.96. The molecule has 3 heteroatoms. The van der Waals surface area contributed by atoms with Crippen molar-refractivity contribution >= 4 is 5.78 Å². The van der Waals surface area contributed by atoms with Crippen molar-refractivity contribution in [3.05, 3.63) is 29.6 Å². The lowest BCUT2D eigenvalue weighted by Crippen LogP contribution is -2.03. The number of benzene rings is 1. The Balaban J connectivity index is 2.56. The summed E-state index contributed by atoms with van der Waals surface area (Å²) in [5.41, 5.74) is 0.446. The Hall–Kier alpha value is -1.38. The predicted octanol–water partition coefficient (Wildman–Crippen LogP) is 3.99. The Bertz CT molecular complexity index is 374. The summed E-state index contributed by atoms with van der Waals surface area (Å²) in [6.07, 6.45) is 4.37. The lowest BCUT2D eigenvalue weighted by atomic mass is 10.1. The average Bonchev–Trinajstić information content (AvgIpc) is 2.28. The first-order valence-electron chi connectivity index (χ1n) is 6.08. The number of unbranched alkanes of at least 4 members (excludes halogenated alkanes) is 3. The zero-order valence-corrected chi connectivity index (χ0v) is 10.5. The van der Waals surface area contributed by atoms with Crippen molar-refractivity contribution in [2.45, 2.75) is 39.5 Å². The zero-order chi connectivity index (χ0) is 12.7. The quantitative estimate of drug-likeness (QED) is 0.530. The molecule has 0 aromatic heterocycles. The number of rotatable bonds is 7. The van der Waals surface area contributed by atoms with Crippen molar-refractivity contribution in [1.29, 1.82) is 0 Å². The molecule has 17 heavy (non-hydrogen) atoms. The molecule has 0 saturated heterocycles. The second-order valence-corrected chi connectivity index (χ2v) is 4.11. The Kier molecular flexibility index (Phi) is 5.67. The average molecular weight is 238 g/mol. The molecule has 0 aliphatic rings. The maximum atomic E-state index is 13.0. The molecule has 2 nitrogen and oxygen atoms in total. The summed E-state index contributed by atoms with van der Waals surface area (Å²) in [4.78, 5) is 11.3. The molecule has 0 fully saturated rings. The molecule has 0 N–H and O–H groups in total. The molecule has 1 aromatic carbocycles. The van der Waals surface area contributed by atoms with Crippen LogP contribution in [0.1, 0.15) is 49.9 Å². The Morgan fingerprint density at radius 2 is 2.06 bits per heavy atom. The molecule has 1 rings (SSSR count). The molecule has 0 aliphatic heterocycles. The van der Waals surface area contributed by atoms with Gasteiger partial charge in [-0.25, -0.2) is 4.39 Å². The third-order valence-electron chi connectivity index (χ3n) is 2.58. The van der Waals surface area contributed by atoms with Crippen molar-refractivity contribution < 1.29 is 13.9 Å². The molecular weight excluding hydrogens is 219 g/mol. The molecule has 0 amide bonds. The van der Waals surface area contributed by atoms with Gasteiger partial charge in [-0.1, -0.05) is 26.2 Å². The van der Waals surface area contributed by atoms with E-state index in [-0.39, 0.29) is 11.6 Å². The van der Waals surface area contributed by atoms with Crippen molar-refractivity contribution in [2.75, 3.05) is 6.61 Å². The minimum atomic E-state index is -0.376. The van der Waals surface area contributed by atoms with Gasteiger partial charge in [-0.3, -0.25) is 4.79 Å². The molecule has 0 radical (unpaired) electrons. The zero-order valence-electron chi connectivity index (χ0n) is 10.5. The van der Waals surface area contributed by atoms with Crippen LogP contribution in [0.3, 0.4) is 0 Å². The molecule has 0 bridgehead atoms. The molecule has 0 spiro atoms. The van der Waals surface area contributed by atoms with E-state index >= 15 is 0 Å². The van der Waals surface area contributed by atoms with Crippen molar-refractivity contribution in [3.63, 3.8) is 0 Å². The van der Waals surface area contributed by atoms with E-state index in [1.807, 2.05) is 0 Å². The fourth-order valence-electron chi connectivity index (χ4n) is 1.62. The number of carbonyl (C=O) groups is 1. The lowest BCUT2D eigenvalue weighted by molar-refractivity contribution is 0.101. The number of hydrogen-bond donors (Lipinski definition) is 0. The van der Waals surface area contributed by atoms with E-state index in [9.17, 15) is 9.18 Å². The minimum Gasteiger partial charge on any atom is -0.493 e. The number of ketones is 1. The normalized spacial score (nSPS) is 10.3. The van der Waals surface area contributed by atoms with Crippen LogP contribution in [-0.4, -0.2) is 12.4 Å². The summed E-state index contributed by atoms with van der Waals surface area (Å²) in [6.45, 7) is 4.13. The first-order chi connectivity index (χ1) is 8.15. The van der Waals surface area contributed by atoms with Crippen LogP contribution in [0.5, 0.6) is 5.75 Å². The molecule has 0 heterocycles. The van der Waals surface area contributed by atoms with Gasteiger partial charge in [0.2, 0.25) is 0 Å². The minimum absolute atomic E-state index is 0.103. The summed E-state index contributed by atoms with van der Waals surface area (Å²) < 4.78 is 18.5.